The summed E-state index contributed by atoms with van der Waals surface area (Å²) in [6.07, 6.45) is 5.89. The SMILES string of the molecule is CCCCc1ccc(CCC(C)(C)N)cc1. The van der Waals surface area contributed by atoms with Crippen LogP contribution in [0.5, 0.6) is 0 Å². The maximum Gasteiger partial charge on any atom is 0.0100 e. The van der Waals surface area contributed by atoms with Gasteiger partial charge in [-0.25, -0.2) is 0 Å². The third-order valence-electron chi connectivity index (χ3n) is 2.90. The average Bonchev–Trinajstić information content (AvgIpc) is 2.24. The van der Waals surface area contributed by atoms with Gasteiger partial charge in [-0.2, -0.15) is 0 Å². The van der Waals surface area contributed by atoms with E-state index in [0.29, 0.717) is 0 Å². The van der Waals surface area contributed by atoms with Crippen molar-refractivity contribution in [1.29, 1.82) is 0 Å². The summed E-state index contributed by atoms with van der Waals surface area (Å²) in [5.74, 6) is 0. The molecule has 0 atom stereocenters. The van der Waals surface area contributed by atoms with E-state index in [9.17, 15) is 0 Å². The third kappa shape index (κ3) is 5.32. The molecule has 0 heterocycles. The molecule has 0 bridgehead atoms. The lowest BCUT2D eigenvalue weighted by Gasteiger charge is -2.18. The quantitative estimate of drug-likeness (QED) is 0.775. The maximum atomic E-state index is 5.98. The van der Waals surface area contributed by atoms with Gasteiger partial charge in [-0.1, -0.05) is 37.6 Å². The first-order valence-electron chi connectivity index (χ1n) is 6.38. The van der Waals surface area contributed by atoms with E-state index in [0.717, 1.165) is 12.8 Å². The van der Waals surface area contributed by atoms with Gasteiger partial charge in [0.05, 0.1) is 0 Å². The van der Waals surface area contributed by atoms with E-state index in [1.165, 1.54) is 30.4 Å². The number of unbranched alkanes of at least 4 members (excludes halogenated alkanes) is 1. The summed E-state index contributed by atoms with van der Waals surface area (Å²) >= 11 is 0. The molecule has 1 heteroatoms. The van der Waals surface area contributed by atoms with Crippen LogP contribution in [0, 0.1) is 0 Å². The Hall–Kier alpha value is -0.820. The van der Waals surface area contributed by atoms with Crippen LogP contribution in [-0.2, 0) is 12.8 Å². The van der Waals surface area contributed by atoms with Crippen molar-refractivity contribution < 1.29 is 0 Å². The topological polar surface area (TPSA) is 26.0 Å². The standard InChI is InChI=1S/C15H25N/c1-4-5-6-13-7-9-14(10-8-13)11-12-15(2,3)16/h7-10H,4-6,11-12,16H2,1-3H3. The number of hydrogen-bond acceptors (Lipinski definition) is 1. The van der Waals surface area contributed by atoms with E-state index in [-0.39, 0.29) is 5.54 Å². The fourth-order valence-corrected chi connectivity index (χ4v) is 1.72. The molecular formula is C15H25N. The van der Waals surface area contributed by atoms with E-state index in [2.05, 4.69) is 45.0 Å². The molecule has 0 amide bonds. The molecule has 0 unspecified atom stereocenters. The van der Waals surface area contributed by atoms with Crippen molar-refractivity contribution in [1.82, 2.24) is 0 Å². The van der Waals surface area contributed by atoms with Crippen LogP contribution in [0.1, 0.15) is 51.2 Å². The Balaban J connectivity index is 2.45. The van der Waals surface area contributed by atoms with Crippen molar-refractivity contribution >= 4 is 0 Å². The zero-order chi connectivity index (χ0) is 12.0. The molecule has 16 heavy (non-hydrogen) atoms. The Morgan fingerprint density at radius 2 is 1.50 bits per heavy atom. The predicted molar refractivity (Wildman–Crippen MR) is 71.6 cm³/mol. The number of nitrogens with two attached hydrogens (primary N) is 1. The van der Waals surface area contributed by atoms with Gasteiger partial charge in [0.25, 0.3) is 0 Å². The first kappa shape index (κ1) is 13.2. The van der Waals surface area contributed by atoms with Crippen LogP contribution in [0.4, 0.5) is 0 Å². The van der Waals surface area contributed by atoms with Gasteiger partial charge in [-0.3, -0.25) is 0 Å². The molecule has 1 aromatic rings. The predicted octanol–water partition coefficient (Wildman–Crippen LogP) is 3.70. The summed E-state index contributed by atoms with van der Waals surface area (Å²) in [5, 5.41) is 0. The van der Waals surface area contributed by atoms with Crippen molar-refractivity contribution in [3.8, 4) is 0 Å². The fourth-order valence-electron chi connectivity index (χ4n) is 1.72. The molecule has 0 saturated heterocycles. The average molecular weight is 219 g/mol. The molecule has 1 aromatic carbocycles. The van der Waals surface area contributed by atoms with Crippen molar-refractivity contribution in [2.24, 2.45) is 5.73 Å². The summed E-state index contributed by atoms with van der Waals surface area (Å²) < 4.78 is 0. The Morgan fingerprint density at radius 3 is 1.94 bits per heavy atom. The molecule has 90 valence electrons. The first-order chi connectivity index (χ1) is 7.51. The van der Waals surface area contributed by atoms with E-state index < -0.39 is 0 Å². The number of rotatable bonds is 6. The monoisotopic (exact) mass is 219 g/mol. The van der Waals surface area contributed by atoms with Crippen molar-refractivity contribution in [2.45, 2.75) is 58.4 Å². The Kier molecular flexibility index (Phi) is 5.01. The van der Waals surface area contributed by atoms with E-state index in [4.69, 9.17) is 5.73 Å². The summed E-state index contributed by atoms with van der Waals surface area (Å²) in [5.41, 5.74) is 8.78. The second kappa shape index (κ2) is 6.05. The lowest BCUT2D eigenvalue weighted by atomic mass is 9.96. The van der Waals surface area contributed by atoms with Gasteiger partial charge < -0.3 is 5.73 Å². The maximum absolute atomic E-state index is 5.98. The van der Waals surface area contributed by atoms with Crippen molar-refractivity contribution in [3.05, 3.63) is 35.4 Å². The third-order valence-corrected chi connectivity index (χ3v) is 2.90. The van der Waals surface area contributed by atoms with Crippen LogP contribution in [0.2, 0.25) is 0 Å². The van der Waals surface area contributed by atoms with Gasteiger partial charge in [-0.15, -0.1) is 0 Å². The Labute approximate surface area is 100 Å². The summed E-state index contributed by atoms with van der Waals surface area (Å²) in [6, 6.07) is 9.01. The molecule has 0 spiro atoms. The van der Waals surface area contributed by atoms with E-state index in [1.54, 1.807) is 0 Å². The van der Waals surface area contributed by atoms with Crippen LogP contribution >= 0.6 is 0 Å². The van der Waals surface area contributed by atoms with Crippen LogP contribution < -0.4 is 5.73 Å². The highest BCUT2D eigenvalue weighted by molar-refractivity contribution is 5.22. The van der Waals surface area contributed by atoms with Crippen LogP contribution in [0.25, 0.3) is 0 Å². The Morgan fingerprint density at radius 1 is 1.00 bits per heavy atom. The van der Waals surface area contributed by atoms with Crippen LogP contribution in [0.15, 0.2) is 24.3 Å². The molecule has 2 N–H and O–H groups in total. The highest BCUT2D eigenvalue weighted by Crippen LogP contribution is 2.13. The molecule has 0 radical (unpaired) electrons. The highest BCUT2D eigenvalue weighted by Gasteiger charge is 2.09. The molecule has 0 aliphatic heterocycles. The molecule has 1 rings (SSSR count). The lowest BCUT2D eigenvalue weighted by Crippen LogP contribution is -2.32. The van der Waals surface area contributed by atoms with Gasteiger partial charge in [0.15, 0.2) is 0 Å². The second-order valence-corrected chi connectivity index (χ2v) is 5.41. The van der Waals surface area contributed by atoms with Crippen molar-refractivity contribution in [2.75, 3.05) is 0 Å². The molecule has 0 saturated carbocycles. The van der Waals surface area contributed by atoms with Gasteiger partial charge in [0.1, 0.15) is 0 Å². The molecule has 0 aliphatic rings. The highest BCUT2D eigenvalue weighted by atomic mass is 14.7. The fraction of sp³-hybridized carbons (Fsp3) is 0.600. The van der Waals surface area contributed by atoms with Crippen LogP contribution in [0.3, 0.4) is 0 Å². The largest absolute Gasteiger partial charge is 0.326 e. The van der Waals surface area contributed by atoms with Gasteiger partial charge in [0.2, 0.25) is 0 Å². The van der Waals surface area contributed by atoms with E-state index in [1.807, 2.05) is 0 Å². The van der Waals surface area contributed by atoms with Gasteiger partial charge >= 0.3 is 0 Å². The van der Waals surface area contributed by atoms with Gasteiger partial charge in [0, 0.05) is 5.54 Å². The normalized spacial score (nSPS) is 11.8. The summed E-state index contributed by atoms with van der Waals surface area (Å²) in [7, 11) is 0. The minimum absolute atomic E-state index is 0.0547. The zero-order valence-electron chi connectivity index (χ0n) is 10.9. The minimum atomic E-state index is -0.0547. The molecule has 0 fully saturated rings. The zero-order valence-corrected chi connectivity index (χ0v) is 10.9. The number of hydrogen-bond donors (Lipinski definition) is 1. The van der Waals surface area contributed by atoms with Gasteiger partial charge in [-0.05, 0) is 50.7 Å². The van der Waals surface area contributed by atoms with Crippen LogP contribution in [-0.4, -0.2) is 5.54 Å². The minimum Gasteiger partial charge on any atom is -0.326 e. The summed E-state index contributed by atoms with van der Waals surface area (Å²) in [4.78, 5) is 0. The molecule has 0 aliphatic carbocycles. The number of benzene rings is 1. The molecule has 1 nitrogen and oxygen atoms in total. The summed E-state index contributed by atoms with van der Waals surface area (Å²) in [6.45, 7) is 6.41. The molecular weight excluding hydrogens is 194 g/mol. The van der Waals surface area contributed by atoms with E-state index >= 15 is 0 Å². The molecule has 0 aromatic heterocycles. The smallest absolute Gasteiger partial charge is 0.0100 e. The van der Waals surface area contributed by atoms with Crippen molar-refractivity contribution in [3.63, 3.8) is 0 Å². The second-order valence-electron chi connectivity index (χ2n) is 5.41. The Bertz CT molecular complexity index is 292. The number of aryl methyl sites for hydroxylation is 2. The lowest BCUT2D eigenvalue weighted by molar-refractivity contribution is 0.477. The first-order valence-corrected chi connectivity index (χ1v) is 6.38.